The first-order valence-electron chi connectivity index (χ1n) is 9.73. The number of rotatable bonds is 4. The summed E-state index contributed by atoms with van der Waals surface area (Å²) in [5.74, 6) is -2.52. The van der Waals surface area contributed by atoms with E-state index in [0.29, 0.717) is 19.5 Å². The number of aliphatic hydroxyl groups is 1. The largest absolute Gasteiger partial charge is 0.421 e. The van der Waals surface area contributed by atoms with E-state index in [1.165, 1.54) is 6.07 Å². The van der Waals surface area contributed by atoms with Crippen molar-refractivity contribution in [3.05, 3.63) is 47.8 Å². The van der Waals surface area contributed by atoms with E-state index in [1.54, 1.807) is 0 Å². The van der Waals surface area contributed by atoms with Crippen LogP contribution in [0.5, 0.6) is 0 Å². The zero-order valence-electron chi connectivity index (χ0n) is 16.7. The summed E-state index contributed by atoms with van der Waals surface area (Å²) in [6.45, 7) is 1.27. The van der Waals surface area contributed by atoms with Gasteiger partial charge in [-0.1, -0.05) is 6.07 Å². The molecule has 1 fully saturated rings. The maximum atomic E-state index is 14.6. The van der Waals surface area contributed by atoms with E-state index in [1.807, 2.05) is 0 Å². The van der Waals surface area contributed by atoms with Crippen LogP contribution in [0.1, 0.15) is 18.9 Å². The highest BCUT2D eigenvalue weighted by molar-refractivity contribution is 5.63. The van der Waals surface area contributed by atoms with Gasteiger partial charge in [-0.15, -0.1) is 0 Å². The number of alkyl halides is 4. The van der Waals surface area contributed by atoms with Crippen LogP contribution in [0.3, 0.4) is 0 Å². The second-order valence-electron chi connectivity index (χ2n) is 7.77. The fourth-order valence-electron chi connectivity index (χ4n) is 3.50. The second kappa shape index (κ2) is 7.93. The molecule has 0 amide bonds. The molecule has 3 aromatic heterocycles. The molecule has 32 heavy (non-hydrogen) atoms. The van der Waals surface area contributed by atoms with E-state index >= 15 is 0 Å². The molecular formula is C20H19F6N5O. The van der Waals surface area contributed by atoms with Gasteiger partial charge in [0.2, 0.25) is 0 Å². The maximum Gasteiger partial charge on any atom is 0.421 e. The van der Waals surface area contributed by atoms with Gasteiger partial charge < -0.3 is 15.7 Å². The minimum Gasteiger partial charge on any atom is -0.376 e. The van der Waals surface area contributed by atoms with Gasteiger partial charge in [-0.2, -0.15) is 13.2 Å². The summed E-state index contributed by atoms with van der Waals surface area (Å²) >= 11 is 0. The van der Waals surface area contributed by atoms with E-state index in [2.05, 4.69) is 20.6 Å². The summed E-state index contributed by atoms with van der Waals surface area (Å²) in [6.07, 6.45) is -3.90. The van der Waals surface area contributed by atoms with Gasteiger partial charge in [0.1, 0.15) is 17.5 Å². The lowest BCUT2D eigenvalue weighted by Gasteiger charge is -2.28. The molecule has 0 aromatic carbocycles. The first-order valence-corrected chi connectivity index (χ1v) is 9.73. The molecule has 3 atom stereocenters. The van der Waals surface area contributed by atoms with Crippen molar-refractivity contribution in [1.29, 1.82) is 0 Å². The van der Waals surface area contributed by atoms with Crippen LogP contribution >= 0.6 is 0 Å². The van der Waals surface area contributed by atoms with Gasteiger partial charge >= 0.3 is 6.18 Å². The minimum atomic E-state index is -4.96. The van der Waals surface area contributed by atoms with Crippen LogP contribution in [0, 0.1) is 11.6 Å². The predicted octanol–water partition coefficient (Wildman–Crippen LogP) is 3.56. The molecule has 6 nitrogen and oxygen atoms in total. The van der Waals surface area contributed by atoms with E-state index < -0.39 is 52.7 Å². The number of nitrogens with zero attached hydrogens (tertiary/aromatic N) is 3. The van der Waals surface area contributed by atoms with Crippen LogP contribution in [0.25, 0.3) is 17.0 Å². The maximum absolute atomic E-state index is 14.6. The zero-order valence-corrected chi connectivity index (χ0v) is 16.7. The Morgan fingerprint density at radius 1 is 1.22 bits per heavy atom. The molecule has 4 heterocycles. The van der Waals surface area contributed by atoms with E-state index in [9.17, 15) is 31.4 Å². The molecule has 0 unspecified atom stereocenters. The number of halogens is 6. The van der Waals surface area contributed by atoms with Crippen molar-refractivity contribution in [1.82, 2.24) is 19.7 Å². The Morgan fingerprint density at radius 3 is 2.66 bits per heavy atom. The standard InChI is InChI=1S/C20H19F6N5O/c1-19(32,20(24,25)26)10-2-3-16-28-8-15(31(16)9-10)17-12(22)6-13(23)18(30-17)29-14-7-27-5-4-11(14)21/h2-3,6,8-9,11,14,27,32H,4-5,7H2,1H3,(H,29,30)/t11-,14-,19-/m1/s1. The first kappa shape index (κ1) is 22.3. The van der Waals surface area contributed by atoms with Crippen molar-refractivity contribution in [3.8, 4) is 11.4 Å². The van der Waals surface area contributed by atoms with Crippen LogP contribution in [-0.2, 0) is 5.60 Å². The Bertz CT molecular complexity index is 1150. The molecule has 1 aliphatic rings. The van der Waals surface area contributed by atoms with Crippen molar-refractivity contribution in [2.75, 3.05) is 18.4 Å². The molecule has 0 bridgehead atoms. The van der Waals surface area contributed by atoms with Crippen LogP contribution in [0.15, 0.2) is 30.6 Å². The molecule has 0 aliphatic carbocycles. The molecule has 1 aliphatic heterocycles. The summed E-state index contributed by atoms with van der Waals surface area (Å²) in [5.41, 5.74) is -3.99. The number of hydrogen-bond acceptors (Lipinski definition) is 5. The predicted molar refractivity (Wildman–Crippen MR) is 104 cm³/mol. The molecule has 3 N–H and O–H groups in total. The lowest BCUT2D eigenvalue weighted by molar-refractivity contribution is -0.259. The fraction of sp³-hybridized carbons (Fsp3) is 0.400. The van der Waals surface area contributed by atoms with E-state index in [4.69, 9.17) is 0 Å². The highest BCUT2D eigenvalue weighted by Gasteiger charge is 2.51. The van der Waals surface area contributed by atoms with E-state index in [0.717, 1.165) is 22.9 Å². The van der Waals surface area contributed by atoms with Gasteiger partial charge in [0.25, 0.3) is 0 Å². The summed E-state index contributed by atoms with van der Waals surface area (Å²) in [4.78, 5) is 7.94. The number of pyridine rings is 2. The molecular weight excluding hydrogens is 440 g/mol. The molecule has 172 valence electrons. The number of hydrogen-bond donors (Lipinski definition) is 3. The number of piperidine rings is 1. The molecule has 0 spiro atoms. The SMILES string of the molecule is C[C@@](O)(c1ccc2ncc(-c3nc(N[C@@H]4CNCC[C@H]4F)c(F)cc3F)n2c1)C(F)(F)F. The van der Waals surface area contributed by atoms with Crippen LogP contribution in [-0.4, -0.2) is 51.0 Å². The zero-order chi connectivity index (χ0) is 23.3. The quantitative estimate of drug-likeness (QED) is 0.521. The lowest BCUT2D eigenvalue weighted by Crippen LogP contribution is -2.46. The molecule has 0 radical (unpaired) electrons. The van der Waals surface area contributed by atoms with E-state index in [-0.39, 0.29) is 24.3 Å². The highest BCUT2D eigenvalue weighted by Crippen LogP contribution is 2.39. The van der Waals surface area contributed by atoms with Crippen molar-refractivity contribution < 1.29 is 31.4 Å². The number of imidazole rings is 1. The third-order valence-electron chi connectivity index (χ3n) is 5.51. The topological polar surface area (TPSA) is 74.5 Å². The van der Waals surface area contributed by atoms with Gasteiger partial charge in [-0.05, 0) is 26.0 Å². The summed E-state index contributed by atoms with van der Waals surface area (Å²) < 4.78 is 83.9. The third-order valence-corrected chi connectivity index (χ3v) is 5.51. The first-order chi connectivity index (χ1) is 15.0. The van der Waals surface area contributed by atoms with Crippen LogP contribution in [0.2, 0.25) is 0 Å². The smallest absolute Gasteiger partial charge is 0.376 e. The Morgan fingerprint density at radius 2 is 1.97 bits per heavy atom. The number of aromatic nitrogens is 3. The Balaban J connectivity index is 1.77. The lowest BCUT2D eigenvalue weighted by atomic mass is 9.97. The molecule has 3 aromatic rings. The van der Waals surface area contributed by atoms with Crippen LogP contribution < -0.4 is 10.6 Å². The second-order valence-corrected chi connectivity index (χ2v) is 7.77. The Labute approximate surface area is 178 Å². The van der Waals surface area contributed by atoms with Gasteiger partial charge in [-0.3, -0.25) is 4.40 Å². The van der Waals surface area contributed by atoms with Gasteiger partial charge in [0, 0.05) is 24.4 Å². The average molecular weight is 459 g/mol. The van der Waals surface area contributed by atoms with Crippen molar-refractivity contribution in [2.45, 2.75) is 37.3 Å². The number of fused-ring (bicyclic) bond motifs is 1. The highest BCUT2D eigenvalue weighted by atomic mass is 19.4. The molecule has 12 heteroatoms. The fourth-order valence-corrected chi connectivity index (χ4v) is 3.50. The monoisotopic (exact) mass is 459 g/mol. The number of anilines is 1. The Kier molecular flexibility index (Phi) is 5.53. The van der Waals surface area contributed by atoms with Gasteiger partial charge in [0.15, 0.2) is 23.1 Å². The van der Waals surface area contributed by atoms with Crippen molar-refractivity contribution in [2.24, 2.45) is 0 Å². The third kappa shape index (κ3) is 3.88. The minimum absolute atomic E-state index is 0.0704. The molecule has 1 saturated heterocycles. The van der Waals surface area contributed by atoms with Crippen LogP contribution in [0.4, 0.5) is 32.2 Å². The van der Waals surface area contributed by atoms with Gasteiger partial charge in [0.05, 0.1) is 17.9 Å². The molecule has 4 rings (SSSR count). The molecule has 0 saturated carbocycles. The number of nitrogens with one attached hydrogen (secondary N) is 2. The summed E-state index contributed by atoms with van der Waals surface area (Å²) in [7, 11) is 0. The Hall–Kier alpha value is -2.86. The average Bonchev–Trinajstić information content (AvgIpc) is 3.13. The summed E-state index contributed by atoms with van der Waals surface area (Å²) in [5, 5.41) is 15.6. The van der Waals surface area contributed by atoms with Gasteiger partial charge in [-0.25, -0.2) is 23.1 Å². The van der Waals surface area contributed by atoms with Crippen molar-refractivity contribution in [3.63, 3.8) is 0 Å². The summed E-state index contributed by atoms with van der Waals surface area (Å²) in [6, 6.07) is 2.04. The normalized spacial score (nSPS) is 21.5. The van der Waals surface area contributed by atoms with Crippen molar-refractivity contribution >= 4 is 11.5 Å².